The second-order valence-corrected chi connectivity index (χ2v) is 7.63. The Bertz CT molecular complexity index is 1430. The number of anilines is 3. The van der Waals surface area contributed by atoms with Crippen LogP contribution in [0.4, 0.5) is 35.5 Å². The minimum Gasteiger partial charge on any atom is -0.450 e. The van der Waals surface area contributed by atoms with Crippen LogP contribution in [0.25, 0.3) is 4.85 Å². The lowest BCUT2D eigenvalue weighted by atomic mass is 9.99. The SMILES string of the molecule is [C-]#[N+]C1=C(C)N(c2cccc(C(F)(F)F)c2)c2nc(NC(=O)OCC)nn2[C@@H]1c1ccc(C#N)cc1. The van der Waals surface area contributed by atoms with Crippen LogP contribution in [0.2, 0.25) is 0 Å². The number of fused-ring (bicyclic) bond motifs is 1. The topological polar surface area (TPSA) is 100 Å². The summed E-state index contributed by atoms with van der Waals surface area (Å²) in [5, 5.41) is 15.9. The summed E-state index contributed by atoms with van der Waals surface area (Å²) < 4.78 is 46.5. The first-order valence-electron chi connectivity index (χ1n) is 10.6. The van der Waals surface area contributed by atoms with E-state index >= 15 is 0 Å². The molecule has 0 saturated heterocycles. The van der Waals surface area contributed by atoms with E-state index in [0.29, 0.717) is 16.8 Å². The van der Waals surface area contributed by atoms with Crippen LogP contribution in [0.15, 0.2) is 59.9 Å². The molecule has 1 amide bonds. The fourth-order valence-corrected chi connectivity index (χ4v) is 3.84. The summed E-state index contributed by atoms with van der Waals surface area (Å²) in [7, 11) is 0. The molecule has 36 heavy (non-hydrogen) atoms. The van der Waals surface area contributed by atoms with Crippen molar-refractivity contribution < 1.29 is 22.7 Å². The Morgan fingerprint density at radius 1 is 1.28 bits per heavy atom. The number of rotatable bonds is 4. The number of aromatic nitrogens is 3. The maximum absolute atomic E-state index is 13.4. The van der Waals surface area contributed by atoms with Crippen LogP contribution in [-0.4, -0.2) is 27.5 Å². The van der Waals surface area contributed by atoms with Gasteiger partial charge in [-0.15, -0.1) is 5.10 Å². The fraction of sp³-hybridized carbons (Fsp3) is 0.208. The van der Waals surface area contributed by atoms with Crippen LogP contribution in [0.5, 0.6) is 0 Å². The van der Waals surface area contributed by atoms with Crippen LogP contribution < -0.4 is 10.2 Å². The van der Waals surface area contributed by atoms with E-state index < -0.39 is 23.9 Å². The number of nitrogens with zero attached hydrogens (tertiary/aromatic N) is 6. The lowest BCUT2D eigenvalue weighted by Crippen LogP contribution is -2.30. The molecule has 0 radical (unpaired) electrons. The Kier molecular flexibility index (Phi) is 6.36. The summed E-state index contributed by atoms with van der Waals surface area (Å²) in [5.41, 5.74) is 0.754. The molecular weight excluding hydrogens is 475 g/mol. The van der Waals surface area contributed by atoms with Gasteiger partial charge in [0.15, 0.2) is 0 Å². The number of hydrogen-bond donors (Lipinski definition) is 1. The van der Waals surface area contributed by atoms with E-state index in [0.717, 1.165) is 12.1 Å². The lowest BCUT2D eigenvalue weighted by Gasteiger charge is -2.34. The molecular formula is C24H18F3N7O2. The first-order chi connectivity index (χ1) is 17.2. The highest BCUT2D eigenvalue weighted by Gasteiger charge is 2.38. The Morgan fingerprint density at radius 3 is 2.61 bits per heavy atom. The highest BCUT2D eigenvalue weighted by Crippen LogP contribution is 2.44. The van der Waals surface area contributed by atoms with Crippen molar-refractivity contribution in [3.63, 3.8) is 0 Å². The minimum atomic E-state index is -4.58. The molecule has 1 aliphatic rings. The van der Waals surface area contributed by atoms with Gasteiger partial charge in [-0.25, -0.2) is 14.3 Å². The molecule has 12 heteroatoms. The van der Waals surface area contributed by atoms with E-state index in [2.05, 4.69) is 20.2 Å². The van der Waals surface area contributed by atoms with E-state index in [9.17, 15) is 18.0 Å². The van der Waals surface area contributed by atoms with Gasteiger partial charge in [0.25, 0.3) is 5.95 Å². The van der Waals surface area contributed by atoms with Crippen LogP contribution >= 0.6 is 0 Å². The largest absolute Gasteiger partial charge is 0.450 e. The fourth-order valence-electron chi connectivity index (χ4n) is 3.84. The minimum absolute atomic E-state index is 0.0837. The number of benzene rings is 2. The first kappa shape index (κ1) is 24.3. The van der Waals surface area contributed by atoms with E-state index in [1.807, 2.05) is 6.07 Å². The zero-order chi connectivity index (χ0) is 26.0. The van der Waals surface area contributed by atoms with Gasteiger partial charge >= 0.3 is 12.3 Å². The number of alkyl halides is 3. The number of halogens is 3. The maximum atomic E-state index is 13.4. The number of allylic oxidation sites excluding steroid dienone is 2. The van der Waals surface area contributed by atoms with Gasteiger partial charge in [0.2, 0.25) is 11.6 Å². The zero-order valence-electron chi connectivity index (χ0n) is 19.0. The monoisotopic (exact) mass is 493 g/mol. The quantitative estimate of drug-likeness (QED) is 0.473. The summed E-state index contributed by atoms with van der Waals surface area (Å²) in [6.07, 6.45) is -5.39. The molecule has 1 aliphatic heterocycles. The summed E-state index contributed by atoms with van der Waals surface area (Å²) >= 11 is 0. The molecule has 2 aromatic carbocycles. The van der Waals surface area contributed by atoms with Crippen molar-refractivity contribution in [2.75, 3.05) is 16.8 Å². The number of nitriles is 1. The second kappa shape index (κ2) is 9.43. The number of carbonyl (C=O) groups excluding carboxylic acids is 1. The molecule has 0 spiro atoms. The normalized spacial score (nSPS) is 15.1. The number of carbonyl (C=O) groups is 1. The predicted octanol–water partition coefficient (Wildman–Crippen LogP) is 5.63. The van der Waals surface area contributed by atoms with Gasteiger partial charge in [0.05, 0.1) is 30.4 Å². The van der Waals surface area contributed by atoms with Crippen molar-refractivity contribution in [3.8, 4) is 6.07 Å². The van der Waals surface area contributed by atoms with E-state index in [1.165, 1.54) is 21.7 Å². The van der Waals surface area contributed by atoms with Crippen LogP contribution in [0.1, 0.15) is 36.6 Å². The summed E-state index contributed by atoms with van der Waals surface area (Å²) in [6.45, 7) is 11.2. The van der Waals surface area contributed by atoms with E-state index in [4.69, 9.17) is 16.6 Å². The average Bonchev–Trinajstić information content (AvgIpc) is 3.25. The Morgan fingerprint density at radius 2 is 2.00 bits per heavy atom. The van der Waals surface area contributed by atoms with Crippen LogP contribution in [0, 0.1) is 17.9 Å². The molecule has 1 N–H and O–H groups in total. The standard InChI is InChI=1S/C24H18F3N7O2/c1-4-36-23(35)31-21-30-22-33(18-7-5-6-17(12-18)24(25,26)27)14(2)19(29-3)20(34(22)32-21)16-10-8-15(13-28)9-11-16/h5-12,20H,4H2,1-2H3,(H,31,32,35)/t20-/m1/s1. The Hall–Kier alpha value is -4.84. The molecule has 0 bridgehead atoms. The van der Waals surface area contributed by atoms with Crippen molar-refractivity contribution in [1.82, 2.24) is 14.8 Å². The van der Waals surface area contributed by atoms with E-state index in [1.54, 1.807) is 38.1 Å². The zero-order valence-corrected chi connectivity index (χ0v) is 19.0. The Balaban J connectivity index is 1.92. The van der Waals surface area contributed by atoms with E-state index in [-0.39, 0.29) is 29.9 Å². The molecule has 0 aliphatic carbocycles. The summed E-state index contributed by atoms with van der Waals surface area (Å²) in [5.74, 6) is -0.0708. The van der Waals surface area contributed by atoms with Crippen molar-refractivity contribution in [3.05, 3.63) is 88.0 Å². The van der Waals surface area contributed by atoms with Gasteiger partial charge in [-0.3, -0.25) is 10.2 Å². The average molecular weight is 493 g/mol. The highest BCUT2D eigenvalue weighted by atomic mass is 19.4. The molecule has 182 valence electrons. The highest BCUT2D eigenvalue weighted by molar-refractivity contribution is 5.82. The molecule has 0 saturated carbocycles. The smallest absolute Gasteiger partial charge is 0.416 e. The second-order valence-electron chi connectivity index (χ2n) is 7.63. The molecule has 9 nitrogen and oxygen atoms in total. The van der Waals surface area contributed by atoms with Gasteiger partial charge in [-0.05, 0) is 49.7 Å². The van der Waals surface area contributed by atoms with Gasteiger partial charge in [-0.1, -0.05) is 18.2 Å². The third-order valence-corrected chi connectivity index (χ3v) is 5.42. The molecule has 1 aromatic heterocycles. The number of nitrogens with one attached hydrogen (secondary N) is 1. The van der Waals surface area contributed by atoms with Crippen molar-refractivity contribution in [1.29, 1.82) is 5.26 Å². The molecule has 3 aromatic rings. The molecule has 0 fully saturated rings. The van der Waals surface area contributed by atoms with Crippen molar-refractivity contribution >= 4 is 23.7 Å². The van der Waals surface area contributed by atoms with Crippen LogP contribution in [-0.2, 0) is 10.9 Å². The molecule has 0 unspecified atom stereocenters. The lowest BCUT2D eigenvalue weighted by molar-refractivity contribution is -0.137. The number of hydrogen-bond acceptors (Lipinski definition) is 6. The Labute approximate surface area is 203 Å². The third kappa shape index (κ3) is 4.44. The van der Waals surface area contributed by atoms with Crippen LogP contribution in [0.3, 0.4) is 0 Å². The van der Waals surface area contributed by atoms with Gasteiger partial charge in [-0.2, -0.15) is 23.4 Å². The van der Waals surface area contributed by atoms with Gasteiger partial charge in [0, 0.05) is 11.4 Å². The molecule has 1 atom stereocenters. The molecule has 2 heterocycles. The van der Waals surface area contributed by atoms with Crippen molar-refractivity contribution in [2.45, 2.75) is 26.1 Å². The predicted molar refractivity (Wildman–Crippen MR) is 123 cm³/mol. The first-order valence-corrected chi connectivity index (χ1v) is 10.6. The summed E-state index contributed by atoms with van der Waals surface area (Å²) in [6, 6.07) is 12.3. The maximum Gasteiger partial charge on any atom is 0.416 e. The third-order valence-electron chi connectivity index (χ3n) is 5.42. The van der Waals surface area contributed by atoms with Crippen molar-refractivity contribution in [2.24, 2.45) is 0 Å². The number of amides is 1. The molecule has 4 rings (SSSR count). The summed E-state index contributed by atoms with van der Waals surface area (Å²) in [4.78, 5) is 21.4. The van der Waals surface area contributed by atoms with Gasteiger partial charge in [0.1, 0.15) is 6.04 Å². The van der Waals surface area contributed by atoms with Gasteiger partial charge < -0.3 is 4.74 Å². The number of ether oxygens (including phenoxy) is 1.